The Balaban J connectivity index is 1.67. The Hall–Kier alpha value is -2.05. The molecule has 80 heavy (non-hydrogen) atoms. The second-order valence-electron chi connectivity index (χ2n) is 23.2. The summed E-state index contributed by atoms with van der Waals surface area (Å²) in [6.45, 7) is 2.78. The number of hydrogen-bond donors (Lipinski definition) is 9. The molecule has 0 saturated carbocycles. The standard InChI is InChI=1S/C66H121NO13/c1-3-5-7-9-11-13-15-17-19-21-22-23-24-25-26-27-28-29-30-31-32-34-36-38-40-42-44-46-48-50-58(71)67-54(55(70)49-47-45-43-41-39-37-35-33-20-18-16-14-12-10-8-6-4-2)53-77-65-63(76)61(74)64(57(52-69)79-65)80-66-62(75)60(73)59(72)56(51-68)78-66/h5,7,11,13,17,19,22-23,54-57,59-66,68-70,72-76H,3-4,6,8-10,12,14-16,18,20-21,24-53H2,1-2H3,(H,67,71)/b7-5-,13-11-,19-17-,23-22-. The molecule has 0 aromatic heterocycles. The first kappa shape index (κ1) is 74.1. The largest absolute Gasteiger partial charge is 0.394 e. The van der Waals surface area contributed by atoms with Gasteiger partial charge in [-0.05, 0) is 51.4 Å². The van der Waals surface area contributed by atoms with E-state index < -0.39 is 86.8 Å². The van der Waals surface area contributed by atoms with E-state index >= 15 is 0 Å². The molecule has 0 aliphatic carbocycles. The van der Waals surface area contributed by atoms with Crippen LogP contribution in [0.15, 0.2) is 48.6 Å². The summed E-state index contributed by atoms with van der Waals surface area (Å²) in [6, 6.07) is -0.829. The summed E-state index contributed by atoms with van der Waals surface area (Å²) in [5, 5.41) is 87.4. The van der Waals surface area contributed by atoms with Crippen molar-refractivity contribution in [3.05, 3.63) is 48.6 Å². The highest BCUT2D eigenvalue weighted by Crippen LogP contribution is 2.30. The molecule has 14 heteroatoms. The second kappa shape index (κ2) is 51.4. The van der Waals surface area contributed by atoms with Gasteiger partial charge in [-0.2, -0.15) is 0 Å². The number of carbonyl (C=O) groups excluding carboxylic acids is 1. The van der Waals surface area contributed by atoms with E-state index in [1.165, 1.54) is 167 Å². The zero-order valence-corrected chi connectivity index (χ0v) is 50.6. The minimum atomic E-state index is -1.78. The minimum Gasteiger partial charge on any atom is -0.394 e. The molecule has 1 amide bonds. The van der Waals surface area contributed by atoms with Gasteiger partial charge in [0.05, 0.1) is 32.0 Å². The van der Waals surface area contributed by atoms with Gasteiger partial charge >= 0.3 is 0 Å². The second-order valence-corrected chi connectivity index (χ2v) is 23.2. The van der Waals surface area contributed by atoms with Crippen LogP contribution < -0.4 is 5.32 Å². The van der Waals surface area contributed by atoms with Gasteiger partial charge in [0.2, 0.25) is 5.91 Å². The zero-order valence-electron chi connectivity index (χ0n) is 50.6. The zero-order chi connectivity index (χ0) is 58.1. The number of aliphatic hydroxyl groups is 8. The van der Waals surface area contributed by atoms with E-state index in [2.05, 4.69) is 67.8 Å². The van der Waals surface area contributed by atoms with Gasteiger partial charge in [-0.15, -0.1) is 0 Å². The van der Waals surface area contributed by atoms with Gasteiger partial charge in [0, 0.05) is 6.42 Å². The summed E-state index contributed by atoms with van der Waals surface area (Å²) < 4.78 is 22.9. The molecule has 12 unspecified atom stereocenters. The predicted molar refractivity (Wildman–Crippen MR) is 323 cm³/mol. The summed E-state index contributed by atoms with van der Waals surface area (Å²) in [5.74, 6) is -0.204. The summed E-state index contributed by atoms with van der Waals surface area (Å²) in [6.07, 6.45) is 48.3. The highest BCUT2D eigenvalue weighted by atomic mass is 16.7. The van der Waals surface area contributed by atoms with Crippen LogP contribution >= 0.6 is 0 Å². The van der Waals surface area contributed by atoms with E-state index in [1.54, 1.807) is 0 Å². The Labute approximate surface area is 486 Å². The average molecular weight is 1140 g/mol. The molecule has 2 aliphatic rings. The number of ether oxygens (including phenoxy) is 4. The van der Waals surface area contributed by atoms with Crippen LogP contribution in [0.2, 0.25) is 0 Å². The lowest BCUT2D eigenvalue weighted by atomic mass is 9.97. The SMILES string of the molecule is CC/C=C\C/C=C\C/C=C\C/C=C\CCCCCCCCCCCCCCCCCCC(=O)NC(COC1OC(CO)C(OC2OC(CO)C(O)C(O)C2O)C(O)C1O)C(O)CCCCCCCCCCCCCCCCCCC. The van der Waals surface area contributed by atoms with Crippen molar-refractivity contribution in [2.45, 2.75) is 344 Å². The molecule has 0 radical (unpaired) electrons. The van der Waals surface area contributed by atoms with Crippen LogP contribution in [0.3, 0.4) is 0 Å². The van der Waals surface area contributed by atoms with E-state index in [0.717, 1.165) is 77.0 Å². The van der Waals surface area contributed by atoms with E-state index in [9.17, 15) is 45.6 Å². The van der Waals surface area contributed by atoms with Crippen molar-refractivity contribution in [2.24, 2.45) is 0 Å². The summed E-state index contributed by atoms with van der Waals surface area (Å²) in [4.78, 5) is 13.3. The molecule has 2 aliphatic heterocycles. The number of carbonyl (C=O) groups is 1. The van der Waals surface area contributed by atoms with E-state index in [-0.39, 0.29) is 12.5 Å². The third-order valence-electron chi connectivity index (χ3n) is 16.1. The first-order valence-electron chi connectivity index (χ1n) is 32.9. The third-order valence-corrected chi connectivity index (χ3v) is 16.1. The van der Waals surface area contributed by atoms with Crippen molar-refractivity contribution in [1.82, 2.24) is 5.32 Å². The highest BCUT2D eigenvalue weighted by molar-refractivity contribution is 5.76. The van der Waals surface area contributed by atoms with Crippen molar-refractivity contribution in [3.8, 4) is 0 Å². The number of allylic oxidation sites excluding steroid dienone is 8. The molecule has 0 bridgehead atoms. The topological polar surface area (TPSA) is 228 Å². The van der Waals surface area contributed by atoms with E-state index in [0.29, 0.717) is 12.8 Å². The summed E-state index contributed by atoms with van der Waals surface area (Å²) in [5.41, 5.74) is 0. The van der Waals surface area contributed by atoms with Crippen LogP contribution in [0.1, 0.15) is 271 Å². The van der Waals surface area contributed by atoms with Crippen molar-refractivity contribution >= 4 is 5.91 Å². The number of hydrogen-bond acceptors (Lipinski definition) is 13. The molecule has 14 nitrogen and oxygen atoms in total. The number of unbranched alkanes of at least 4 members (excludes halogenated alkanes) is 32. The van der Waals surface area contributed by atoms with Crippen molar-refractivity contribution < 1.29 is 64.6 Å². The molecule has 12 atom stereocenters. The van der Waals surface area contributed by atoms with E-state index in [1.807, 2.05) is 0 Å². The molecule has 2 saturated heterocycles. The fourth-order valence-electron chi connectivity index (χ4n) is 10.8. The van der Waals surface area contributed by atoms with Gasteiger partial charge < -0.3 is 65.1 Å². The van der Waals surface area contributed by atoms with Crippen LogP contribution in [0.25, 0.3) is 0 Å². The van der Waals surface area contributed by atoms with Gasteiger partial charge in [-0.25, -0.2) is 0 Å². The molecule has 2 heterocycles. The van der Waals surface area contributed by atoms with E-state index in [4.69, 9.17) is 18.9 Å². The Kier molecular flexibility index (Phi) is 47.6. The monoisotopic (exact) mass is 1140 g/mol. The molecule has 0 aromatic carbocycles. The lowest BCUT2D eigenvalue weighted by molar-refractivity contribution is -0.359. The lowest BCUT2D eigenvalue weighted by Gasteiger charge is -2.46. The van der Waals surface area contributed by atoms with Crippen LogP contribution in [0, 0.1) is 0 Å². The lowest BCUT2D eigenvalue weighted by Crippen LogP contribution is -2.65. The van der Waals surface area contributed by atoms with Crippen LogP contribution in [-0.4, -0.2) is 140 Å². The number of nitrogens with one attached hydrogen (secondary N) is 1. The fourth-order valence-corrected chi connectivity index (χ4v) is 10.8. The minimum absolute atomic E-state index is 0.204. The summed E-state index contributed by atoms with van der Waals surface area (Å²) >= 11 is 0. The maximum atomic E-state index is 13.3. The first-order valence-corrected chi connectivity index (χ1v) is 32.9. The first-order chi connectivity index (χ1) is 39.1. The van der Waals surface area contributed by atoms with Crippen molar-refractivity contribution in [2.75, 3.05) is 19.8 Å². The van der Waals surface area contributed by atoms with Gasteiger partial charge in [0.25, 0.3) is 0 Å². The number of rotatable bonds is 53. The Morgan fingerprint density at radius 1 is 0.463 bits per heavy atom. The van der Waals surface area contributed by atoms with Gasteiger partial charge in [-0.3, -0.25) is 4.79 Å². The maximum absolute atomic E-state index is 13.3. The number of amides is 1. The van der Waals surface area contributed by atoms with Crippen LogP contribution in [-0.2, 0) is 23.7 Å². The molecule has 2 rings (SSSR count). The molecule has 0 spiro atoms. The van der Waals surface area contributed by atoms with Gasteiger partial charge in [0.15, 0.2) is 12.6 Å². The molecule has 468 valence electrons. The van der Waals surface area contributed by atoms with Crippen LogP contribution in [0.5, 0.6) is 0 Å². The molecule has 2 fully saturated rings. The molecular weight excluding hydrogens is 1010 g/mol. The van der Waals surface area contributed by atoms with Crippen molar-refractivity contribution in [3.63, 3.8) is 0 Å². The molecular formula is C66H121NO13. The molecule has 9 N–H and O–H groups in total. The van der Waals surface area contributed by atoms with Gasteiger partial charge in [0.1, 0.15) is 48.8 Å². The Morgan fingerprint density at radius 3 is 1.32 bits per heavy atom. The highest BCUT2D eigenvalue weighted by Gasteiger charge is 2.51. The average Bonchev–Trinajstić information content (AvgIpc) is 3.46. The number of aliphatic hydroxyl groups excluding tert-OH is 8. The Morgan fingerprint density at radius 2 is 0.863 bits per heavy atom. The molecule has 0 aromatic rings. The normalized spacial score (nSPS) is 24.5. The van der Waals surface area contributed by atoms with Crippen molar-refractivity contribution in [1.29, 1.82) is 0 Å². The summed E-state index contributed by atoms with van der Waals surface area (Å²) in [7, 11) is 0. The van der Waals surface area contributed by atoms with Gasteiger partial charge in [-0.1, -0.05) is 262 Å². The third kappa shape index (κ3) is 35.9. The Bertz CT molecular complexity index is 1530. The fraction of sp³-hybridized carbons (Fsp3) is 0.864. The van der Waals surface area contributed by atoms with Crippen LogP contribution in [0.4, 0.5) is 0 Å². The predicted octanol–water partition coefficient (Wildman–Crippen LogP) is 12.3. The quantitative estimate of drug-likeness (QED) is 0.0204. The smallest absolute Gasteiger partial charge is 0.220 e. The maximum Gasteiger partial charge on any atom is 0.220 e.